The summed E-state index contributed by atoms with van der Waals surface area (Å²) in [5, 5.41) is 3.45. The molecule has 1 aromatic heterocycles. The first-order valence-electron chi connectivity index (χ1n) is 5.13. The van der Waals surface area contributed by atoms with Crippen LogP contribution in [0, 0.1) is 0 Å². The third-order valence-electron chi connectivity index (χ3n) is 2.09. The first-order chi connectivity index (χ1) is 6.88. The molecule has 14 heavy (non-hydrogen) atoms. The highest BCUT2D eigenvalue weighted by molar-refractivity contribution is 5.09. The summed E-state index contributed by atoms with van der Waals surface area (Å²) in [6.07, 6.45) is 5.83. The summed E-state index contributed by atoms with van der Waals surface area (Å²) in [6, 6.07) is 6.32. The minimum atomic E-state index is 0.314. The van der Waals surface area contributed by atoms with E-state index in [1.54, 1.807) is 0 Å². The molecular weight excluding hydrogens is 172 g/mol. The molecule has 0 aromatic carbocycles. The second kappa shape index (κ2) is 6.33. The van der Waals surface area contributed by atoms with Crippen molar-refractivity contribution in [3.05, 3.63) is 42.7 Å². The molecule has 0 radical (unpaired) electrons. The molecule has 1 aromatic rings. The molecule has 0 saturated carbocycles. The van der Waals surface area contributed by atoms with Crippen LogP contribution in [0.4, 0.5) is 0 Å². The minimum absolute atomic E-state index is 0.314. The number of aromatic nitrogens is 1. The molecule has 1 rings (SSSR count). The highest BCUT2D eigenvalue weighted by Gasteiger charge is 2.08. The Balaban J connectivity index is 2.62. The number of hydrogen-bond donors (Lipinski definition) is 1. The molecule has 0 aliphatic carbocycles. The molecule has 0 aliphatic rings. The summed E-state index contributed by atoms with van der Waals surface area (Å²) in [5.41, 5.74) is 1.10. The predicted octanol–water partition coefficient (Wildman–Crippen LogP) is 2.70. The van der Waals surface area contributed by atoms with Gasteiger partial charge in [-0.15, -0.1) is 6.58 Å². The van der Waals surface area contributed by atoms with E-state index in [1.807, 2.05) is 24.4 Å². The standard InChI is InChI=1S/C12H18N2/c1-3-7-11(13-9-4-2)12-8-5-6-10-14-12/h3,5-6,8,10-11,13H,1,4,7,9H2,2H3. The summed E-state index contributed by atoms with van der Waals surface area (Å²) < 4.78 is 0. The van der Waals surface area contributed by atoms with E-state index in [9.17, 15) is 0 Å². The Kier molecular flexibility index (Phi) is 4.94. The van der Waals surface area contributed by atoms with Crippen LogP contribution in [-0.4, -0.2) is 11.5 Å². The van der Waals surface area contributed by atoms with E-state index in [0.29, 0.717) is 6.04 Å². The van der Waals surface area contributed by atoms with Gasteiger partial charge in [-0.25, -0.2) is 0 Å². The van der Waals surface area contributed by atoms with Crippen LogP contribution in [0.5, 0.6) is 0 Å². The monoisotopic (exact) mass is 190 g/mol. The van der Waals surface area contributed by atoms with Gasteiger partial charge < -0.3 is 5.32 Å². The van der Waals surface area contributed by atoms with Crippen LogP contribution in [-0.2, 0) is 0 Å². The highest BCUT2D eigenvalue weighted by atomic mass is 14.9. The van der Waals surface area contributed by atoms with Crippen LogP contribution < -0.4 is 5.32 Å². The number of pyridine rings is 1. The normalized spacial score (nSPS) is 12.4. The molecule has 0 bridgehead atoms. The summed E-state index contributed by atoms with van der Waals surface area (Å²) >= 11 is 0. The molecule has 1 atom stereocenters. The van der Waals surface area contributed by atoms with E-state index in [2.05, 4.69) is 29.9 Å². The maximum atomic E-state index is 4.34. The second-order valence-electron chi connectivity index (χ2n) is 3.29. The molecule has 2 heteroatoms. The summed E-state index contributed by atoms with van der Waals surface area (Å²) in [5.74, 6) is 0. The summed E-state index contributed by atoms with van der Waals surface area (Å²) in [7, 11) is 0. The Hall–Kier alpha value is -1.15. The third kappa shape index (κ3) is 3.30. The zero-order valence-electron chi connectivity index (χ0n) is 8.74. The van der Waals surface area contributed by atoms with Crippen LogP contribution in [0.2, 0.25) is 0 Å². The molecule has 1 unspecified atom stereocenters. The summed E-state index contributed by atoms with van der Waals surface area (Å²) in [4.78, 5) is 4.34. The maximum absolute atomic E-state index is 4.34. The molecule has 76 valence electrons. The Labute approximate surface area is 86.1 Å². The van der Waals surface area contributed by atoms with Gasteiger partial charge in [0.1, 0.15) is 0 Å². The first kappa shape index (κ1) is 10.9. The van der Waals surface area contributed by atoms with Gasteiger partial charge >= 0.3 is 0 Å². The van der Waals surface area contributed by atoms with E-state index in [1.165, 1.54) is 0 Å². The Bertz CT molecular complexity index is 256. The van der Waals surface area contributed by atoms with Crippen molar-refractivity contribution < 1.29 is 0 Å². The van der Waals surface area contributed by atoms with Gasteiger partial charge in [-0.05, 0) is 31.5 Å². The lowest BCUT2D eigenvalue weighted by Gasteiger charge is -2.15. The third-order valence-corrected chi connectivity index (χ3v) is 2.09. The fourth-order valence-corrected chi connectivity index (χ4v) is 1.38. The molecule has 1 N–H and O–H groups in total. The van der Waals surface area contributed by atoms with Crippen molar-refractivity contribution in [2.75, 3.05) is 6.54 Å². The Morgan fingerprint density at radius 3 is 3.00 bits per heavy atom. The lowest BCUT2D eigenvalue weighted by Crippen LogP contribution is -2.22. The number of rotatable bonds is 6. The van der Waals surface area contributed by atoms with Crippen LogP contribution in [0.3, 0.4) is 0 Å². The SMILES string of the molecule is C=CCC(NCCC)c1ccccn1. The van der Waals surface area contributed by atoms with Gasteiger partial charge in [-0.3, -0.25) is 4.98 Å². The van der Waals surface area contributed by atoms with Crippen molar-refractivity contribution in [1.82, 2.24) is 10.3 Å². The fourth-order valence-electron chi connectivity index (χ4n) is 1.38. The van der Waals surface area contributed by atoms with E-state index >= 15 is 0 Å². The van der Waals surface area contributed by atoms with E-state index in [-0.39, 0.29) is 0 Å². The molecule has 0 aliphatic heterocycles. The zero-order valence-corrected chi connectivity index (χ0v) is 8.74. The molecule has 0 saturated heterocycles. The quantitative estimate of drug-likeness (QED) is 0.698. The van der Waals surface area contributed by atoms with Crippen molar-refractivity contribution in [2.24, 2.45) is 0 Å². The van der Waals surface area contributed by atoms with E-state index in [4.69, 9.17) is 0 Å². The molecule has 0 spiro atoms. The Morgan fingerprint density at radius 2 is 2.43 bits per heavy atom. The number of hydrogen-bond acceptors (Lipinski definition) is 2. The molecule has 1 heterocycles. The van der Waals surface area contributed by atoms with Gasteiger partial charge in [0.25, 0.3) is 0 Å². The minimum Gasteiger partial charge on any atom is -0.308 e. The molecule has 0 amide bonds. The van der Waals surface area contributed by atoms with Crippen molar-refractivity contribution >= 4 is 0 Å². The number of nitrogens with zero attached hydrogens (tertiary/aromatic N) is 1. The molecule has 2 nitrogen and oxygen atoms in total. The van der Waals surface area contributed by atoms with E-state index < -0.39 is 0 Å². The van der Waals surface area contributed by atoms with Crippen molar-refractivity contribution in [3.8, 4) is 0 Å². The maximum Gasteiger partial charge on any atom is 0.0576 e. The van der Waals surface area contributed by atoms with Gasteiger partial charge in [0.2, 0.25) is 0 Å². The highest BCUT2D eigenvalue weighted by Crippen LogP contribution is 2.13. The van der Waals surface area contributed by atoms with Gasteiger partial charge in [-0.1, -0.05) is 19.1 Å². The molecule has 0 fully saturated rings. The smallest absolute Gasteiger partial charge is 0.0576 e. The largest absolute Gasteiger partial charge is 0.308 e. The van der Waals surface area contributed by atoms with Gasteiger partial charge in [0.05, 0.1) is 11.7 Å². The molecular formula is C12H18N2. The van der Waals surface area contributed by atoms with Gasteiger partial charge in [0, 0.05) is 6.20 Å². The van der Waals surface area contributed by atoms with Crippen LogP contribution >= 0.6 is 0 Å². The average Bonchev–Trinajstić information content (AvgIpc) is 2.25. The van der Waals surface area contributed by atoms with Crippen molar-refractivity contribution in [2.45, 2.75) is 25.8 Å². The summed E-state index contributed by atoms with van der Waals surface area (Å²) in [6.45, 7) is 6.95. The van der Waals surface area contributed by atoms with Crippen LogP contribution in [0.15, 0.2) is 37.1 Å². The van der Waals surface area contributed by atoms with Gasteiger partial charge in [-0.2, -0.15) is 0 Å². The average molecular weight is 190 g/mol. The van der Waals surface area contributed by atoms with Gasteiger partial charge in [0.15, 0.2) is 0 Å². The predicted molar refractivity (Wildman–Crippen MR) is 60.1 cm³/mol. The van der Waals surface area contributed by atoms with Crippen molar-refractivity contribution in [3.63, 3.8) is 0 Å². The van der Waals surface area contributed by atoms with E-state index in [0.717, 1.165) is 25.1 Å². The number of nitrogens with one attached hydrogen (secondary N) is 1. The van der Waals surface area contributed by atoms with Crippen LogP contribution in [0.1, 0.15) is 31.5 Å². The second-order valence-corrected chi connectivity index (χ2v) is 3.29. The van der Waals surface area contributed by atoms with Crippen molar-refractivity contribution in [1.29, 1.82) is 0 Å². The lowest BCUT2D eigenvalue weighted by atomic mass is 10.1. The van der Waals surface area contributed by atoms with Crippen LogP contribution in [0.25, 0.3) is 0 Å². The topological polar surface area (TPSA) is 24.9 Å². The Morgan fingerprint density at radius 1 is 1.57 bits per heavy atom. The zero-order chi connectivity index (χ0) is 10.2. The lowest BCUT2D eigenvalue weighted by molar-refractivity contribution is 0.525. The first-order valence-corrected chi connectivity index (χ1v) is 5.13. The fraction of sp³-hybridized carbons (Fsp3) is 0.417.